The molecule has 0 radical (unpaired) electrons. The molecule has 0 spiro atoms. The fraction of sp³-hybridized carbons (Fsp3) is 0.227. The molecule has 1 N–H and O–H groups in total. The van der Waals surface area contributed by atoms with Crippen molar-refractivity contribution in [2.75, 3.05) is 18.4 Å². The van der Waals surface area contributed by atoms with Crippen LogP contribution in [0.1, 0.15) is 26.4 Å². The second-order valence-electron chi connectivity index (χ2n) is 7.13. The summed E-state index contributed by atoms with van der Waals surface area (Å²) in [5.41, 5.74) is 2.43. The van der Waals surface area contributed by atoms with Crippen molar-refractivity contribution in [3.63, 3.8) is 0 Å². The number of carbonyl (C=O) groups excluding carboxylic acids is 1. The number of nitrogens with one attached hydrogen (secondary N) is 1. The minimum Gasteiger partial charge on any atom is -0.495 e. The zero-order valence-electron chi connectivity index (χ0n) is 16.7. The summed E-state index contributed by atoms with van der Waals surface area (Å²) in [4.78, 5) is 16.2. The molecule has 0 fully saturated rings. The second kappa shape index (κ2) is 8.12. The molecule has 0 aliphatic carbocycles. The van der Waals surface area contributed by atoms with E-state index in [1.54, 1.807) is 59.6 Å². The van der Waals surface area contributed by atoms with Crippen LogP contribution < -0.4 is 9.46 Å². The number of carbonyl (C=O) groups is 1. The number of anilines is 1. The summed E-state index contributed by atoms with van der Waals surface area (Å²) in [5.74, 6) is 0.256. The first-order chi connectivity index (χ1) is 14.4. The number of benzene rings is 2. The highest BCUT2D eigenvalue weighted by atomic mass is 32.2. The van der Waals surface area contributed by atoms with Gasteiger partial charge in [-0.3, -0.25) is 9.52 Å². The lowest BCUT2D eigenvalue weighted by Gasteiger charge is -2.27. The molecule has 1 aromatic heterocycles. The number of nitrogens with zero attached hydrogens (tertiary/aromatic N) is 1. The Hall–Kier alpha value is -2.84. The van der Waals surface area contributed by atoms with Crippen molar-refractivity contribution >= 4 is 33.0 Å². The standard InChI is InChI=1S/C22H22N2O4S2/c1-15-7-8-16(22(25)24-11-9-20-17(14-24)10-12-29-20)13-21(15)30(26,27)23-18-5-3-4-6-19(18)28-2/h3-8,10,12-13,23H,9,11,14H2,1-2H3. The molecule has 0 unspecified atom stereocenters. The van der Waals surface area contributed by atoms with E-state index in [0.29, 0.717) is 35.7 Å². The second-order valence-corrected chi connectivity index (χ2v) is 9.78. The molecule has 0 bridgehead atoms. The summed E-state index contributed by atoms with van der Waals surface area (Å²) >= 11 is 1.71. The van der Waals surface area contributed by atoms with Gasteiger partial charge in [0.2, 0.25) is 0 Å². The fourth-order valence-corrected chi connectivity index (χ4v) is 5.79. The Balaban J connectivity index is 1.62. The highest BCUT2D eigenvalue weighted by Gasteiger charge is 2.25. The zero-order valence-corrected chi connectivity index (χ0v) is 18.3. The van der Waals surface area contributed by atoms with E-state index < -0.39 is 10.0 Å². The quantitative estimate of drug-likeness (QED) is 0.646. The van der Waals surface area contributed by atoms with Gasteiger partial charge in [-0.05, 0) is 60.2 Å². The predicted molar refractivity (Wildman–Crippen MR) is 118 cm³/mol. The maximum absolute atomic E-state index is 13.1. The van der Waals surface area contributed by atoms with Crippen molar-refractivity contribution in [2.45, 2.75) is 24.8 Å². The first kappa shape index (κ1) is 20.4. The van der Waals surface area contributed by atoms with E-state index in [2.05, 4.69) is 4.72 Å². The van der Waals surface area contributed by atoms with Gasteiger partial charge in [-0.2, -0.15) is 0 Å². The Labute approximate surface area is 180 Å². The number of amides is 1. The Kier molecular flexibility index (Phi) is 5.53. The van der Waals surface area contributed by atoms with E-state index in [1.807, 2.05) is 11.4 Å². The number of hydrogen-bond donors (Lipinski definition) is 1. The maximum Gasteiger partial charge on any atom is 0.262 e. The number of thiophene rings is 1. The summed E-state index contributed by atoms with van der Waals surface area (Å²) in [6, 6.07) is 13.7. The fourth-order valence-electron chi connectivity index (χ4n) is 3.56. The average Bonchev–Trinajstić information content (AvgIpc) is 3.21. The van der Waals surface area contributed by atoms with Gasteiger partial charge in [-0.1, -0.05) is 18.2 Å². The SMILES string of the molecule is COc1ccccc1NS(=O)(=O)c1cc(C(=O)N2CCc3sccc3C2)ccc1C. The topological polar surface area (TPSA) is 75.7 Å². The summed E-state index contributed by atoms with van der Waals surface area (Å²) in [7, 11) is -2.42. The van der Waals surface area contributed by atoms with Crippen LogP contribution in [0.25, 0.3) is 0 Å². The van der Waals surface area contributed by atoms with E-state index in [1.165, 1.54) is 18.1 Å². The number of ether oxygens (including phenoxy) is 1. The molecule has 0 saturated carbocycles. The summed E-state index contributed by atoms with van der Waals surface area (Å²) in [5, 5.41) is 2.04. The van der Waals surface area contributed by atoms with Gasteiger partial charge < -0.3 is 9.64 Å². The monoisotopic (exact) mass is 442 g/mol. The van der Waals surface area contributed by atoms with Gasteiger partial charge >= 0.3 is 0 Å². The van der Waals surface area contributed by atoms with E-state index in [4.69, 9.17) is 4.74 Å². The molecule has 0 atom stereocenters. The lowest BCUT2D eigenvalue weighted by Crippen LogP contribution is -2.35. The highest BCUT2D eigenvalue weighted by molar-refractivity contribution is 7.92. The number of sulfonamides is 1. The van der Waals surface area contributed by atoms with Crippen LogP contribution in [-0.4, -0.2) is 32.9 Å². The summed E-state index contributed by atoms with van der Waals surface area (Å²) < 4.78 is 34.0. The number of fused-ring (bicyclic) bond motifs is 1. The first-order valence-electron chi connectivity index (χ1n) is 9.50. The Morgan fingerprint density at radius 3 is 2.77 bits per heavy atom. The number of rotatable bonds is 5. The van der Waals surface area contributed by atoms with Crippen molar-refractivity contribution in [3.05, 3.63) is 75.5 Å². The first-order valence-corrected chi connectivity index (χ1v) is 11.9. The average molecular weight is 443 g/mol. The van der Waals surface area contributed by atoms with Crippen LogP contribution in [0, 0.1) is 6.92 Å². The lowest BCUT2D eigenvalue weighted by atomic mass is 10.1. The molecular weight excluding hydrogens is 420 g/mol. The third kappa shape index (κ3) is 3.93. The molecule has 1 aliphatic rings. The third-order valence-electron chi connectivity index (χ3n) is 5.17. The van der Waals surface area contributed by atoms with Gasteiger partial charge in [0, 0.05) is 23.5 Å². The predicted octanol–water partition coefficient (Wildman–Crippen LogP) is 4.06. The van der Waals surface area contributed by atoms with Crippen LogP contribution in [0.2, 0.25) is 0 Å². The van der Waals surface area contributed by atoms with Crippen molar-refractivity contribution < 1.29 is 17.9 Å². The third-order valence-corrected chi connectivity index (χ3v) is 7.70. The molecule has 4 rings (SSSR count). The minimum atomic E-state index is -3.90. The highest BCUT2D eigenvalue weighted by Crippen LogP contribution is 2.29. The molecule has 6 nitrogen and oxygen atoms in total. The van der Waals surface area contributed by atoms with Crippen LogP contribution in [0.3, 0.4) is 0 Å². The van der Waals surface area contributed by atoms with Gasteiger partial charge in [0.1, 0.15) is 5.75 Å². The lowest BCUT2D eigenvalue weighted by molar-refractivity contribution is 0.0735. The van der Waals surface area contributed by atoms with Crippen molar-refractivity contribution in [1.82, 2.24) is 4.90 Å². The molecule has 1 aliphatic heterocycles. The molecule has 30 heavy (non-hydrogen) atoms. The Morgan fingerprint density at radius 1 is 1.17 bits per heavy atom. The van der Waals surface area contributed by atoms with Gasteiger partial charge in [-0.25, -0.2) is 8.42 Å². The minimum absolute atomic E-state index is 0.0764. The summed E-state index contributed by atoms with van der Waals surface area (Å²) in [6.45, 7) is 2.89. The molecule has 156 valence electrons. The van der Waals surface area contributed by atoms with Crippen LogP contribution in [0.15, 0.2) is 58.8 Å². The molecule has 2 aromatic carbocycles. The van der Waals surface area contributed by atoms with E-state index in [-0.39, 0.29) is 10.8 Å². The molecular formula is C22H22N2O4S2. The van der Waals surface area contributed by atoms with Gasteiger partial charge in [-0.15, -0.1) is 11.3 Å². The van der Waals surface area contributed by atoms with Crippen molar-refractivity contribution in [1.29, 1.82) is 0 Å². The molecule has 2 heterocycles. The van der Waals surface area contributed by atoms with Crippen LogP contribution in [0.4, 0.5) is 5.69 Å². The number of hydrogen-bond acceptors (Lipinski definition) is 5. The van der Waals surface area contributed by atoms with Crippen LogP contribution >= 0.6 is 11.3 Å². The van der Waals surface area contributed by atoms with E-state index in [0.717, 1.165) is 12.0 Å². The van der Waals surface area contributed by atoms with Crippen LogP contribution in [-0.2, 0) is 23.0 Å². The van der Waals surface area contributed by atoms with Crippen molar-refractivity contribution in [2.24, 2.45) is 0 Å². The smallest absolute Gasteiger partial charge is 0.262 e. The number of methoxy groups -OCH3 is 1. The van der Waals surface area contributed by atoms with Crippen LogP contribution in [0.5, 0.6) is 5.75 Å². The number of para-hydroxylation sites is 2. The maximum atomic E-state index is 13.1. The largest absolute Gasteiger partial charge is 0.495 e. The molecule has 0 saturated heterocycles. The van der Waals surface area contributed by atoms with Gasteiger partial charge in [0.15, 0.2) is 0 Å². The van der Waals surface area contributed by atoms with E-state index in [9.17, 15) is 13.2 Å². The molecule has 3 aromatic rings. The normalized spacial score (nSPS) is 13.6. The molecule has 1 amide bonds. The van der Waals surface area contributed by atoms with Crippen molar-refractivity contribution in [3.8, 4) is 5.75 Å². The number of aryl methyl sites for hydroxylation is 1. The van der Waals surface area contributed by atoms with E-state index >= 15 is 0 Å². The Morgan fingerprint density at radius 2 is 1.97 bits per heavy atom. The summed E-state index contributed by atoms with van der Waals surface area (Å²) in [6.07, 6.45) is 0.825. The van der Waals surface area contributed by atoms with Gasteiger partial charge in [0.25, 0.3) is 15.9 Å². The molecule has 8 heteroatoms. The zero-order chi connectivity index (χ0) is 21.3. The van der Waals surface area contributed by atoms with Gasteiger partial charge in [0.05, 0.1) is 17.7 Å². The Bertz CT molecular complexity index is 1200.